The smallest absolute Gasteiger partial charge is 0.243 e. The minimum Gasteiger partial charge on any atom is -0.355 e. The van der Waals surface area contributed by atoms with Gasteiger partial charge in [0, 0.05) is 19.6 Å². The van der Waals surface area contributed by atoms with E-state index < -0.39 is 10.0 Å². The summed E-state index contributed by atoms with van der Waals surface area (Å²) in [5.41, 5.74) is 0.785. The predicted molar refractivity (Wildman–Crippen MR) is 122 cm³/mol. The van der Waals surface area contributed by atoms with Gasteiger partial charge in [-0.3, -0.25) is 4.79 Å². The van der Waals surface area contributed by atoms with E-state index in [2.05, 4.69) is 5.32 Å². The quantitative estimate of drug-likeness (QED) is 0.744. The van der Waals surface area contributed by atoms with Crippen LogP contribution in [0.1, 0.15) is 63.4 Å². The fourth-order valence-electron chi connectivity index (χ4n) is 4.26. The van der Waals surface area contributed by atoms with E-state index in [4.69, 9.17) is 0 Å². The highest BCUT2D eigenvalue weighted by molar-refractivity contribution is 7.89. The number of carbonyl (C=O) groups excluding carboxylic acids is 1. The van der Waals surface area contributed by atoms with Crippen LogP contribution in [0.25, 0.3) is 0 Å². The minimum atomic E-state index is -3.43. The molecule has 0 spiro atoms. The van der Waals surface area contributed by atoms with Gasteiger partial charge in [0.1, 0.15) is 0 Å². The van der Waals surface area contributed by atoms with Gasteiger partial charge in [-0.05, 0) is 50.2 Å². The van der Waals surface area contributed by atoms with E-state index in [-0.39, 0.29) is 20.8 Å². The van der Waals surface area contributed by atoms with Crippen LogP contribution in [0, 0.1) is 33.6 Å². The minimum absolute atomic E-state index is 0. The van der Waals surface area contributed by atoms with Gasteiger partial charge >= 0.3 is 0 Å². The Morgan fingerprint density at radius 1 is 1.00 bits per heavy atom. The second-order valence-electron chi connectivity index (χ2n) is 8.19. The van der Waals surface area contributed by atoms with Gasteiger partial charge in [0.25, 0.3) is 0 Å². The summed E-state index contributed by atoms with van der Waals surface area (Å²) in [7, 11) is -3.43. The summed E-state index contributed by atoms with van der Waals surface area (Å²) in [5.74, 6) is 1.53. The second kappa shape index (κ2) is 12.5. The van der Waals surface area contributed by atoms with Crippen LogP contribution in [0.3, 0.4) is 0 Å². The molecule has 1 aliphatic carbocycles. The van der Waals surface area contributed by atoms with Crippen molar-refractivity contribution in [3.63, 3.8) is 0 Å². The highest BCUT2D eigenvalue weighted by Crippen LogP contribution is 2.26. The van der Waals surface area contributed by atoms with Crippen LogP contribution in [-0.4, -0.2) is 38.3 Å². The number of sulfonamides is 1. The standard InChI is InChI=1S/C22H33N2O3S.2CH2/c1-18-9-7-8-12-21(18)28(26,27)24-15-13-19(14-16-24)17-23-22(25)20-10-5-3-2-4-6-11-20;;/h7-9,12,19H,2-6,10-11,13-17H2,1H3,(H,23,25);2*1H2. The second-order valence-corrected chi connectivity index (χ2v) is 10.1. The van der Waals surface area contributed by atoms with Crippen molar-refractivity contribution in [3.05, 3.63) is 50.6 Å². The molecule has 1 heterocycles. The summed E-state index contributed by atoms with van der Waals surface area (Å²) >= 11 is 0. The van der Waals surface area contributed by atoms with E-state index in [9.17, 15) is 13.2 Å². The van der Waals surface area contributed by atoms with Crippen molar-refractivity contribution in [2.45, 2.75) is 69.6 Å². The molecule has 1 saturated carbocycles. The maximum atomic E-state index is 12.9. The number of carbonyl (C=O) groups is 1. The molecule has 1 aromatic carbocycles. The Hall–Kier alpha value is -1.40. The first-order valence-electron chi connectivity index (χ1n) is 10.7. The fourth-order valence-corrected chi connectivity index (χ4v) is 5.96. The monoisotopic (exact) mass is 433 g/mol. The lowest BCUT2D eigenvalue weighted by Gasteiger charge is -2.32. The van der Waals surface area contributed by atoms with Gasteiger partial charge in [-0.25, -0.2) is 8.42 Å². The van der Waals surface area contributed by atoms with Crippen LogP contribution >= 0.6 is 0 Å². The average molecular weight is 434 g/mol. The lowest BCUT2D eigenvalue weighted by molar-refractivity contribution is -0.120. The number of nitrogens with zero attached hydrogens (tertiary/aromatic N) is 1. The summed E-state index contributed by atoms with van der Waals surface area (Å²) < 4.78 is 27.4. The van der Waals surface area contributed by atoms with Crippen LogP contribution < -0.4 is 5.32 Å². The first-order chi connectivity index (χ1) is 13.5. The Labute approximate surface area is 184 Å². The molecular formula is C24H37N2O3S. The normalized spacial score (nSPS) is 19.6. The largest absolute Gasteiger partial charge is 0.355 e. The Morgan fingerprint density at radius 2 is 1.57 bits per heavy atom. The van der Waals surface area contributed by atoms with Crippen molar-refractivity contribution >= 4 is 15.9 Å². The molecule has 2 aliphatic rings. The van der Waals surface area contributed by atoms with Gasteiger partial charge in [0.15, 0.2) is 0 Å². The van der Waals surface area contributed by atoms with Gasteiger partial charge in [-0.15, -0.1) is 0 Å². The predicted octanol–water partition coefficient (Wildman–Crippen LogP) is 4.49. The summed E-state index contributed by atoms with van der Waals surface area (Å²) in [6.07, 6.45) is 9.43. The van der Waals surface area contributed by atoms with E-state index in [0.717, 1.165) is 50.0 Å². The molecular weight excluding hydrogens is 396 g/mol. The zero-order valence-corrected chi connectivity index (χ0v) is 19.2. The van der Waals surface area contributed by atoms with Crippen LogP contribution in [0.15, 0.2) is 29.2 Å². The zero-order valence-electron chi connectivity index (χ0n) is 18.4. The third-order valence-corrected chi connectivity index (χ3v) is 8.17. The van der Waals surface area contributed by atoms with Gasteiger partial charge in [-0.1, -0.05) is 65.2 Å². The number of benzene rings is 1. The van der Waals surface area contributed by atoms with Crippen LogP contribution in [-0.2, 0) is 14.8 Å². The molecule has 3 rings (SSSR count). The van der Waals surface area contributed by atoms with E-state index in [0.29, 0.717) is 30.4 Å². The summed E-state index contributed by atoms with van der Waals surface area (Å²) in [5, 5.41) is 3.12. The first kappa shape index (κ1) is 26.6. The maximum absolute atomic E-state index is 12.9. The summed E-state index contributed by atoms with van der Waals surface area (Å²) in [4.78, 5) is 12.9. The number of piperidine rings is 1. The Kier molecular flexibility index (Phi) is 11.1. The molecule has 1 aromatic rings. The van der Waals surface area contributed by atoms with Gasteiger partial charge in [0.2, 0.25) is 15.9 Å². The van der Waals surface area contributed by atoms with Crippen LogP contribution in [0.2, 0.25) is 0 Å². The molecule has 0 atom stereocenters. The van der Waals surface area contributed by atoms with E-state index in [1.807, 2.05) is 19.1 Å². The summed E-state index contributed by atoms with van der Waals surface area (Å²) in [6.45, 7) is 3.53. The molecule has 0 bridgehead atoms. The molecule has 5 radical (unpaired) electrons. The highest BCUT2D eigenvalue weighted by Gasteiger charge is 2.30. The van der Waals surface area contributed by atoms with Crippen molar-refractivity contribution in [3.8, 4) is 0 Å². The van der Waals surface area contributed by atoms with Crippen molar-refractivity contribution < 1.29 is 13.2 Å². The molecule has 5 nitrogen and oxygen atoms in total. The number of hydrogen-bond donors (Lipinski definition) is 1. The molecule has 30 heavy (non-hydrogen) atoms. The lowest BCUT2D eigenvalue weighted by atomic mass is 9.90. The molecule has 6 heteroatoms. The van der Waals surface area contributed by atoms with E-state index in [1.54, 1.807) is 16.4 Å². The number of hydrogen-bond acceptors (Lipinski definition) is 3. The molecule has 1 N–H and O–H groups in total. The molecule has 1 aliphatic heterocycles. The number of amides is 1. The number of nitrogens with one attached hydrogen (secondary N) is 1. The highest BCUT2D eigenvalue weighted by atomic mass is 32.2. The third kappa shape index (κ3) is 6.81. The van der Waals surface area contributed by atoms with Crippen molar-refractivity contribution in [1.29, 1.82) is 0 Å². The van der Waals surface area contributed by atoms with Crippen molar-refractivity contribution in [1.82, 2.24) is 9.62 Å². The van der Waals surface area contributed by atoms with Crippen LogP contribution in [0.4, 0.5) is 0 Å². The fraction of sp³-hybridized carbons (Fsp3) is 0.583. The maximum Gasteiger partial charge on any atom is 0.243 e. The SMILES string of the molecule is Cc1ccccc1S(=O)(=O)N1CCC(CNC(=O)[C]2CCCCCCC2)CC1.[CH2].[CH2]. The van der Waals surface area contributed by atoms with Crippen LogP contribution in [0.5, 0.6) is 0 Å². The Bertz CT molecular complexity index is 747. The number of aryl methyl sites for hydroxylation is 1. The number of rotatable bonds is 5. The molecule has 0 aromatic heterocycles. The molecule has 1 saturated heterocycles. The lowest BCUT2D eigenvalue weighted by Crippen LogP contribution is -2.42. The average Bonchev–Trinajstić information content (AvgIpc) is 2.66. The van der Waals surface area contributed by atoms with Crippen molar-refractivity contribution in [2.24, 2.45) is 5.92 Å². The molecule has 2 fully saturated rings. The van der Waals surface area contributed by atoms with Crippen molar-refractivity contribution in [2.75, 3.05) is 19.6 Å². The van der Waals surface area contributed by atoms with E-state index in [1.165, 1.54) is 19.3 Å². The topological polar surface area (TPSA) is 66.5 Å². The molecule has 0 unspecified atom stereocenters. The van der Waals surface area contributed by atoms with Gasteiger partial charge in [0.05, 0.1) is 10.8 Å². The summed E-state index contributed by atoms with van der Waals surface area (Å²) in [6, 6.07) is 7.15. The molecule has 1 amide bonds. The first-order valence-corrected chi connectivity index (χ1v) is 12.1. The Balaban J connectivity index is 0.00000225. The molecule has 167 valence electrons. The Morgan fingerprint density at radius 3 is 2.17 bits per heavy atom. The van der Waals surface area contributed by atoms with Gasteiger partial charge < -0.3 is 5.32 Å². The third-order valence-electron chi connectivity index (χ3n) is 6.11. The van der Waals surface area contributed by atoms with Gasteiger partial charge in [-0.2, -0.15) is 4.31 Å². The zero-order chi connectivity index (χ0) is 20.0. The van der Waals surface area contributed by atoms with E-state index >= 15 is 0 Å².